The van der Waals surface area contributed by atoms with Gasteiger partial charge in [-0.2, -0.15) is 0 Å². The molecule has 2 atom stereocenters. The van der Waals surface area contributed by atoms with Crippen molar-refractivity contribution >= 4 is 29.1 Å². The maximum Gasteiger partial charge on any atom is 0.309 e. The number of nitrogens with one attached hydrogen (secondary N) is 2. The lowest BCUT2D eigenvalue weighted by molar-refractivity contribution is -0.155. The van der Waals surface area contributed by atoms with Crippen molar-refractivity contribution in [1.29, 1.82) is 0 Å². The molecule has 0 aliphatic heterocycles. The molecule has 0 saturated carbocycles. The summed E-state index contributed by atoms with van der Waals surface area (Å²) in [5.41, 5.74) is 0.889. The fourth-order valence-electron chi connectivity index (χ4n) is 2.55. The molecule has 0 bridgehead atoms. The first kappa shape index (κ1) is 21.6. The van der Waals surface area contributed by atoms with Crippen molar-refractivity contribution in [3.63, 3.8) is 0 Å². The van der Waals surface area contributed by atoms with Gasteiger partial charge < -0.3 is 15.4 Å². The van der Waals surface area contributed by atoms with Crippen LogP contribution in [0.25, 0.3) is 0 Å². The first-order valence-electron chi connectivity index (χ1n) is 8.87. The van der Waals surface area contributed by atoms with Crippen LogP contribution in [0.5, 0.6) is 0 Å². The molecule has 0 aliphatic rings. The lowest BCUT2D eigenvalue weighted by atomic mass is 10.1. The molecule has 1 aromatic heterocycles. The van der Waals surface area contributed by atoms with Gasteiger partial charge in [0.2, 0.25) is 5.91 Å². The Labute approximate surface area is 167 Å². The summed E-state index contributed by atoms with van der Waals surface area (Å²) >= 11 is 1.42. The molecule has 2 N–H and O–H groups in total. The molecule has 150 valence electrons. The second kappa shape index (κ2) is 10.6. The second-order valence-corrected chi connectivity index (χ2v) is 7.25. The minimum atomic E-state index is -0.956. The van der Waals surface area contributed by atoms with Crippen LogP contribution in [0.1, 0.15) is 36.8 Å². The number of esters is 1. The Morgan fingerprint density at radius 1 is 1.18 bits per heavy atom. The summed E-state index contributed by atoms with van der Waals surface area (Å²) in [6.07, 6.45) is -0.481. The SMILES string of the molecule is CC(=O)NC(CC(=O)OC(C)C(=O)NCCc1ccc(F)cc1)c1cccs1. The van der Waals surface area contributed by atoms with Gasteiger partial charge in [0.15, 0.2) is 6.10 Å². The normalized spacial score (nSPS) is 12.7. The van der Waals surface area contributed by atoms with E-state index in [-0.39, 0.29) is 18.1 Å². The zero-order valence-corrected chi connectivity index (χ0v) is 16.6. The van der Waals surface area contributed by atoms with Crippen LogP contribution in [0.3, 0.4) is 0 Å². The van der Waals surface area contributed by atoms with Crippen LogP contribution in [0, 0.1) is 5.82 Å². The van der Waals surface area contributed by atoms with Crippen molar-refractivity contribution in [2.24, 2.45) is 0 Å². The van der Waals surface area contributed by atoms with Crippen LogP contribution >= 0.6 is 11.3 Å². The standard InChI is InChI=1S/C20H23FN2O4S/c1-13(20(26)22-10-9-15-5-7-16(21)8-6-15)27-19(25)12-17(23-14(2)24)18-4-3-11-28-18/h3-8,11,13,17H,9-10,12H2,1-2H3,(H,22,26)(H,23,24). The Bertz CT molecular complexity index is 793. The molecule has 2 aromatic rings. The summed E-state index contributed by atoms with van der Waals surface area (Å²) in [5, 5.41) is 7.26. The maximum absolute atomic E-state index is 12.9. The zero-order valence-electron chi connectivity index (χ0n) is 15.7. The van der Waals surface area contributed by atoms with Crippen LogP contribution < -0.4 is 10.6 Å². The van der Waals surface area contributed by atoms with Crippen LogP contribution in [0.2, 0.25) is 0 Å². The molecule has 2 rings (SSSR count). The number of rotatable bonds is 9. The Hall–Kier alpha value is -2.74. The first-order chi connectivity index (χ1) is 13.3. The van der Waals surface area contributed by atoms with Gasteiger partial charge in [-0.15, -0.1) is 11.3 Å². The van der Waals surface area contributed by atoms with E-state index in [9.17, 15) is 18.8 Å². The van der Waals surface area contributed by atoms with Gasteiger partial charge in [-0.3, -0.25) is 14.4 Å². The summed E-state index contributed by atoms with van der Waals surface area (Å²) in [4.78, 5) is 36.5. The van der Waals surface area contributed by atoms with Crippen molar-refractivity contribution in [2.75, 3.05) is 6.54 Å². The number of carbonyl (C=O) groups is 3. The predicted molar refractivity (Wildman–Crippen MR) is 104 cm³/mol. The molecule has 0 radical (unpaired) electrons. The maximum atomic E-state index is 12.9. The molecule has 2 unspecified atom stereocenters. The number of halogens is 1. The number of carbonyl (C=O) groups excluding carboxylic acids is 3. The van der Waals surface area contributed by atoms with Crippen LogP contribution in [-0.4, -0.2) is 30.4 Å². The monoisotopic (exact) mass is 406 g/mol. The number of hydrogen-bond acceptors (Lipinski definition) is 5. The molecule has 0 spiro atoms. The number of hydrogen-bond donors (Lipinski definition) is 2. The van der Waals surface area contributed by atoms with Crippen molar-refractivity contribution in [3.05, 3.63) is 58.0 Å². The number of ether oxygens (including phenoxy) is 1. The fraction of sp³-hybridized carbons (Fsp3) is 0.350. The minimum Gasteiger partial charge on any atom is -0.452 e. The van der Waals surface area contributed by atoms with Gasteiger partial charge in [0.25, 0.3) is 5.91 Å². The van der Waals surface area contributed by atoms with E-state index in [1.807, 2.05) is 17.5 Å². The Kier molecular flexibility index (Phi) is 8.13. The third kappa shape index (κ3) is 7.11. The summed E-state index contributed by atoms with van der Waals surface area (Å²) in [5.74, 6) is -1.55. The first-order valence-corrected chi connectivity index (χ1v) is 9.75. The quantitative estimate of drug-likeness (QED) is 0.627. The van der Waals surface area contributed by atoms with Crippen LogP contribution in [0.4, 0.5) is 4.39 Å². The fourth-order valence-corrected chi connectivity index (χ4v) is 3.33. The van der Waals surface area contributed by atoms with Crippen molar-refractivity contribution in [2.45, 2.75) is 38.8 Å². The van der Waals surface area contributed by atoms with Gasteiger partial charge in [-0.05, 0) is 42.5 Å². The molecule has 6 nitrogen and oxygen atoms in total. The molecule has 1 heterocycles. The van der Waals surface area contributed by atoms with Crippen molar-refractivity contribution in [3.8, 4) is 0 Å². The van der Waals surface area contributed by atoms with Gasteiger partial charge in [0.05, 0.1) is 12.5 Å². The summed E-state index contributed by atoms with van der Waals surface area (Å²) < 4.78 is 18.1. The smallest absolute Gasteiger partial charge is 0.309 e. The van der Waals surface area contributed by atoms with Crippen LogP contribution in [-0.2, 0) is 25.5 Å². The third-order valence-corrected chi connectivity index (χ3v) is 4.92. The van der Waals surface area contributed by atoms with Crippen molar-refractivity contribution in [1.82, 2.24) is 10.6 Å². The van der Waals surface area contributed by atoms with E-state index in [0.717, 1.165) is 10.4 Å². The van der Waals surface area contributed by atoms with E-state index in [0.29, 0.717) is 13.0 Å². The third-order valence-electron chi connectivity index (χ3n) is 3.94. The Morgan fingerprint density at radius 3 is 2.50 bits per heavy atom. The summed E-state index contributed by atoms with van der Waals surface area (Å²) in [6.45, 7) is 3.21. The average Bonchev–Trinajstić information content (AvgIpc) is 3.17. The van der Waals surface area contributed by atoms with E-state index in [1.165, 1.54) is 37.3 Å². The summed E-state index contributed by atoms with van der Waals surface area (Å²) in [6, 6.07) is 9.19. The molecular weight excluding hydrogens is 383 g/mol. The molecule has 8 heteroatoms. The van der Waals surface area contributed by atoms with Gasteiger partial charge in [0.1, 0.15) is 5.82 Å². The highest BCUT2D eigenvalue weighted by Crippen LogP contribution is 2.22. The largest absolute Gasteiger partial charge is 0.452 e. The number of benzene rings is 1. The molecule has 0 saturated heterocycles. The van der Waals surface area contributed by atoms with Gasteiger partial charge in [-0.25, -0.2) is 4.39 Å². The van der Waals surface area contributed by atoms with E-state index < -0.39 is 24.0 Å². The zero-order chi connectivity index (χ0) is 20.5. The molecule has 28 heavy (non-hydrogen) atoms. The van der Waals surface area contributed by atoms with E-state index in [1.54, 1.807) is 12.1 Å². The van der Waals surface area contributed by atoms with Crippen LogP contribution in [0.15, 0.2) is 41.8 Å². The highest BCUT2D eigenvalue weighted by molar-refractivity contribution is 7.10. The number of thiophene rings is 1. The van der Waals surface area contributed by atoms with E-state index in [2.05, 4.69) is 10.6 Å². The molecule has 0 aliphatic carbocycles. The molecular formula is C20H23FN2O4S. The highest BCUT2D eigenvalue weighted by atomic mass is 32.1. The van der Waals surface area contributed by atoms with E-state index in [4.69, 9.17) is 4.74 Å². The lowest BCUT2D eigenvalue weighted by Gasteiger charge is -2.18. The molecule has 1 aromatic carbocycles. The minimum absolute atomic E-state index is 0.0622. The van der Waals surface area contributed by atoms with Crippen molar-refractivity contribution < 1.29 is 23.5 Å². The molecule has 0 fully saturated rings. The van der Waals surface area contributed by atoms with Gasteiger partial charge >= 0.3 is 5.97 Å². The predicted octanol–water partition coefficient (Wildman–Crippen LogP) is 2.75. The van der Waals surface area contributed by atoms with E-state index >= 15 is 0 Å². The second-order valence-electron chi connectivity index (χ2n) is 6.27. The Balaban J connectivity index is 1.78. The Morgan fingerprint density at radius 2 is 1.89 bits per heavy atom. The average molecular weight is 406 g/mol. The number of amides is 2. The summed E-state index contributed by atoms with van der Waals surface area (Å²) in [7, 11) is 0. The topological polar surface area (TPSA) is 84.5 Å². The molecule has 2 amide bonds. The lowest BCUT2D eigenvalue weighted by Crippen LogP contribution is -2.37. The highest BCUT2D eigenvalue weighted by Gasteiger charge is 2.22. The van der Waals surface area contributed by atoms with Gasteiger partial charge in [0, 0.05) is 18.3 Å². The van der Waals surface area contributed by atoms with Gasteiger partial charge in [-0.1, -0.05) is 18.2 Å².